The van der Waals surface area contributed by atoms with E-state index in [4.69, 9.17) is 11.1 Å². The van der Waals surface area contributed by atoms with Crippen LogP contribution in [0.3, 0.4) is 0 Å². The van der Waals surface area contributed by atoms with Crippen LogP contribution in [-0.2, 0) is 0 Å². The molecule has 0 spiro atoms. The summed E-state index contributed by atoms with van der Waals surface area (Å²) in [7, 11) is 0. The highest BCUT2D eigenvalue weighted by atomic mass is 15.2. The summed E-state index contributed by atoms with van der Waals surface area (Å²) in [5, 5.41) is 8.56. The molecule has 1 aromatic carbocycles. The number of aromatic nitrogens is 2. The van der Waals surface area contributed by atoms with Crippen LogP contribution in [0, 0.1) is 11.3 Å². The quantitative estimate of drug-likeness (QED) is 0.633. The van der Waals surface area contributed by atoms with E-state index in [1.54, 1.807) is 0 Å². The van der Waals surface area contributed by atoms with E-state index in [0.29, 0.717) is 5.84 Å². The molecular formula is C14H17N5. The summed E-state index contributed by atoms with van der Waals surface area (Å²) in [5.74, 6) is 1.30. The predicted octanol–water partition coefficient (Wildman–Crippen LogP) is 1.78. The van der Waals surface area contributed by atoms with Crippen molar-refractivity contribution in [1.29, 1.82) is 5.41 Å². The number of fused-ring (bicyclic) bond motifs is 1. The molecule has 0 unspecified atom stereocenters. The van der Waals surface area contributed by atoms with Crippen molar-refractivity contribution in [3.05, 3.63) is 30.5 Å². The standard InChI is InChI=1S/C14H17N5/c15-13(16)10-5-7-19(8-6-10)14-17-9-11-3-1-2-4-12(11)18-14/h1-4,9-10H,5-8H2,(H3,15,16). The van der Waals surface area contributed by atoms with Gasteiger partial charge in [0.1, 0.15) is 0 Å². The molecule has 2 aromatic rings. The van der Waals surface area contributed by atoms with Gasteiger partial charge in [0, 0.05) is 30.6 Å². The molecule has 1 aliphatic rings. The Balaban J connectivity index is 1.80. The maximum absolute atomic E-state index is 7.50. The number of hydrogen-bond donors (Lipinski definition) is 2. The second kappa shape index (κ2) is 4.84. The second-order valence-corrected chi connectivity index (χ2v) is 4.95. The molecule has 0 aliphatic carbocycles. The third-order valence-corrected chi connectivity index (χ3v) is 3.69. The monoisotopic (exact) mass is 255 g/mol. The van der Waals surface area contributed by atoms with Crippen molar-refractivity contribution >= 4 is 22.7 Å². The van der Waals surface area contributed by atoms with Crippen LogP contribution in [0.4, 0.5) is 5.95 Å². The van der Waals surface area contributed by atoms with Gasteiger partial charge in [-0.05, 0) is 18.9 Å². The van der Waals surface area contributed by atoms with E-state index in [1.807, 2.05) is 30.5 Å². The van der Waals surface area contributed by atoms with Crippen molar-refractivity contribution in [1.82, 2.24) is 9.97 Å². The number of nitrogens with two attached hydrogens (primary N) is 1. The summed E-state index contributed by atoms with van der Waals surface area (Å²) < 4.78 is 0. The SMILES string of the molecule is N=C(N)C1CCN(c2ncc3ccccc3n2)CC1. The van der Waals surface area contributed by atoms with Gasteiger partial charge < -0.3 is 10.6 Å². The number of benzene rings is 1. The lowest BCUT2D eigenvalue weighted by Gasteiger charge is -2.31. The fourth-order valence-electron chi connectivity index (χ4n) is 2.51. The number of rotatable bonds is 2. The van der Waals surface area contributed by atoms with Crippen LogP contribution in [0.5, 0.6) is 0 Å². The Morgan fingerprint density at radius 2 is 2.00 bits per heavy atom. The minimum absolute atomic E-state index is 0.219. The Labute approximate surface area is 112 Å². The van der Waals surface area contributed by atoms with Gasteiger partial charge >= 0.3 is 0 Å². The van der Waals surface area contributed by atoms with Crippen molar-refractivity contribution in [2.24, 2.45) is 11.7 Å². The zero-order chi connectivity index (χ0) is 13.2. The Morgan fingerprint density at radius 3 is 2.74 bits per heavy atom. The average Bonchev–Trinajstić information content (AvgIpc) is 2.47. The highest BCUT2D eigenvalue weighted by Gasteiger charge is 2.22. The number of para-hydroxylation sites is 1. The molecule has 3 rings (SSSR count). The van der Waals surface area contributed by atoms with Gasteiger partial charge in [-0.2, -0.15) is 0 Å². The summed E-state index contributed by atoms with van der Waals surface area (Å²) in [6.45, 7) is 1.73. The lowest BCUT2D eigenvalue weighted by molar-refractivity contribution is 0.492. The molecule has 0 saturated carbocycles. The average molecular weight is 255 g/mol. The summed E-state index contributed by atoms with van der Waals surface area (Å²) in [5.41, 5.74) is 6.53. The van der Waals surface area contributed by atoms with Crippen molar-refractivity contribution in [3.63, 3.8) is 0 Å². The van der Waals surface area contributed by atoms with E-state index < -0.39 is 0 Å². The number of anilines is 1. The molecule has 19 heavy (non-hydrogen) atoms. The molecular weight excluding hydrogens is 238 g/mol. The van der Waals surface area contributed by atoms with E-state index in [9.17, 15) is 0 Å². The topological polar surface area (TPSA) is 78.9 Å². The van der Waals surface area contributed by atoms with Gasteiger partial charge in [-0.3, -0.25) is 5.41 Å². The maximum atomic E-state index is 7.50. The van der Waals surface area contributed by atoms with E-state index >= 15 is 0 Å². The minimum Gasteiger partial charge on any atom is -0.387 e. The fraction of sp³-hybridized carbons (Fsp3) is 0.357. The van der Waals surface area contributed by atoms with Crippen molar-refractivity contribution in [2.45, 2.75) is 12.8 Å². The van der Waals surface area contributed by atoms with Gasteiger partial charge in [0.15, 0.2) is 0 Å². The molecule has 0 bridgehead atoms. The smallest absolute Gasteiger partial charge is 0.225 e. The predicted molar refractivity (Wildman–Crippen MR) is 76.4 cm³/mol. The van der Waals surface area contributed by atoms with Crippen LogP contribution in [0.2, 0.25) is 0 Å². The molecule has 1 saturated heterocycles. The molecule has 0 radical (unpaired) electrons. The number of nitrogens with one attached hydrogen (secondary N) is 1. The normalized spacial score (nSPS) is 16.7. The molecule has 1 aliphatic heterocycles. The van der Waals surface area contributed by atoms with E-state index in [-0.39, 0.29) is 5.92 Å². The Kier molecular flexibility index (Phi) is 3.03. The van der Waals surface area contributed by atoms with Gasteiger partial charge in [-0.1, -0.05) is 18.2 Å². The second-order valence-electron chi connectivity index (χ2n) is 4.95. The molecule has 0 atom stereocenters. The zero-order valence-electron chi connectivity index (χ0n) is 10.7. The van der Waals surface area contributed by atoms with Crippen LogP contribution in [0.25, 0.3) is 10.9 Å². The molecule has 3 N–H and O–H groups in total. The molecule has 5 nitrogen and oxygen atoms in total. The maximum Gasteiger partial charge on any atom is 0.225 e. The number of hydrogen-bond acceptors (Lipinski definition) is 4. The number of piperidine rings is 1. The zero-order valence-corrected chi connectivity index (χ0v) is 10.7. The largest absolute Gasteiger partial charge is 0.387 e. The summed E-state index contributed by atoms with van der Waals surface area (Å²) in [6.07, 6.45) is 3.69. The molecule has 0 amide bonds. The van der Waals surface area contributed by atoms with Gasteiger partial charge in [0.2, 0.25) is 5.95 Å². The summed E-state index contributed by atoms with van der Waals surface area (Å²) >= 11 is 0. The van der Waals surface area contributed by atoms with Crippen molar-refractivity contribution < 1.29 is 0 Å². The first kappa shape index (κ1) is 11.9. The van der Waals surface area contributed by atoms with Gasteiger partial charge in [0.05, 0.1) is 11.4 Å². The minimum atomic E-state index is 0.219. The Bertz CT molecular complexity index is 602. The fourth-order valence-corrected chi connectivity index (χ4v) is 2.51. The van der Waals surface area contributed by atoms with E-state index in [0.717, 1.165) is 42.8 Å². The molecule has 1 aromatic heterocycles. The van der Waals surface area contributed by atoms with Crippen molar-refractivity contribution in [2.75, 3.05) is 18.0 Å². The van der Waals surface area contributed by atoms with Gasteiger partial charge in [-0.15, -0.1) is 0 Å². The van der Waals surface area contributed by atoms with Crippen LogP contribution in [0.15, 0.2) is 30.5 Å². The molecule has 2 heterocycles. The Hall–Kier alpha value is -2.17. The van der Waals surface area contributed by atoms with Crippen LogP contribution in [-0.4, -0.2) is 28.9 Å². The Morgan fingerprint density at radius 1 is 1.26 bits per heavy atom. The molecule has 1 fully saturated rings. The van der Waals surface area contributed by atoms with Gasteiger partial charge in [0.25, 0.3) is 0 Å². The third-order valence-electron chi connectivity index (χ3n) is 3.69. The third kappa shape index (κ3) is 2.36. The molecule has 98 valence electrons. The lowest BCUT2D eigenvalue weighted by Crippen LogP contribution is -2.39. The van der Waals surface area contributed by atoms with E-state index in [1.165, 1.54) is 0 Å². The van der Waals surface area contributed by atoms with Gasteiger partial charge in [-0.25, -0.2) is 9.97 Å². The first-order valence-electron chi connectivity index (χ1n) is 6.54. The summed E-state index contributed by atoms with van der Waals surface area (Å²) in [6, 6.07) is 7.99. The van der Waals surface area contributed by atoms with Crippen LogP contribution < -0.4 is 10.6 Å². The first-order chi connectivity index (χ1) is 9.24. The lowest BCUT2D eigenvalue weighted by atomic mass is 9.96. The first-order valence-corrected chi connectivity index (χ1v) is 6.54. The number of amidine groups is 1. The molecule has 5 heteroatoms. The highest BCUT2D eigenvalue weighted by molar-refractivity contribution is 5.80. The highest BCUT2D eigenvalue weighted by Crippen LogP contribution is 2.21. The van der Waals surface area contributed by atoms with E-state index in [2.05, 4.69) is 14.9 Å². The number of nitrogens with zero attached hydrogens (tertiary/aromatic N) is 3. The van der Waals surface area contributed by atoms with Crippen molar-refractivity contribution in [3.8, 4) is 0 Å². The van der Waals surface area contributed by atoms with Crippen LogP contribution in [0.1, 0.15) is 12.8 Å². The van der Waals surface area contributed by atoms with Crippen LogP contribution >= 0.6 is 0 Å². The summed E-state index contributed by atoms with van der Waals surface area (Å²) in [4.78, 5) is 11.2.